The molecular weight excluding hydrogens is 238 g/mol. The van der Waals surface area contributed by atoms with E-state index in [0.717, 1.165) is 22.5 Å². The number of hydrogen-bond donors (Lipinski definition) is 1. The number of aryl methyl sites for hydroxylation is 2. The van der Waals surface area contributed by atoms with Gasteiger partial charge in [-0.2, -0.15) is 0 Å². The Morgan fingerprint density at radius 2 is 1.68 bits per heavy atom. The third kappa shape index (κ3) is 3.13. The zero-order valence-electron chi connectivity index (χ0n) is 11.1. The molecule has 0 aliphatic rings. The number of hydrogen-bond acceptors (Lipinski definition) is 2. The van der Waals surface area contributed by atoms with Crippen LogP contribution in [0, 0.1) is 13.8 Å². The van der Waals surface area contributed by atoms with E-state index in [2.05, 4.69) is 0 Å². The Labute approximate surface area is 113 Å². The van der Waals surface area contributed by atoms with Crippen LogP contribution in [0.2, 0.25) is 0 Å². The first-order valence-corrected chi connectivity index (χ1v) is 6.19. The van der Waals surface area contributed by atoms with Gasteiger partial charge in [0.1, 0.15) is 6.54 Å². The Morgan fingerprint density at radius 3 is 2.26 bits per heavy atom. The molecule has 98 valence electrons. The summed E-state index contributed by atoms with van der Waals surface area (Å²) in [6, 6.07) is 15.7. The fourth-order valence-electron chi connectivity index (χ4n) is 2.04. The maximum Gasteiger partial charge on any atom is 0.323 e. The van der Waals surface area contributed by atoms with Gasteiger partial charge in [0.2, 0.25) is 0 Å². The maximum absolute atomic E-state index is 11.1. The monoisotopic (exact) mass is 255 g/mol. The lowest BCUT2D eigenvalue weighted by Gasteiger charge is -2.25. The standard InChI is InChI=1S/C16H17NO2/c1-12-7-9-14(10-8-12)17(11-16(18)19)15-6-4-3-5-13(15)2/h3-10H,11H2,1-2H3,(H,18,19). The number of rotatable bonds is 4. The van der Waals surface area contributed by atoms with Crippen LogP contribution in [0.15, 0.2) is 48.5 Å². The Kier molecular flexibility index (Phi) is 3.85. The van der Waals surface area contributed by atoms with E-state index < -0.39 is 5.97 Å². The average Bonchev–Trinajstić information content (AvgIpc) is 2.38. The summed E-state index contributed by atoms with van der Waals surface area (Å²) in [5.41, 5.74) is 4.03. The normalized spacial score (nSPS) is 10.2. The van der Waals surface area contributed by atoms with E-state index in [1.807, 2.05) is 67.3 Å². The summed E-state index contributed by atoms with van der Waals surface area (Å²) in [6.45, 7) is 3.95. The molecule has 0 heterocycles. The van der Waals surface area contributed by atoms with Crippen LogP contribution in [0.4, 0.5) is 11.4 Å². The molecule has 0 aromatic heterocycles. The van der Waals surface area contributed by atoms with Gasteiger partial charge >= 0.3 is 5.97 Å². The summed E-state index contributed by atoms with van der Waals surface area (Å²) < 4.78 is 0. The number of anilines is 2. The third-order valence-electron chi connectivity index (χ3n) is 3.05. The van der Waals surface area contributed by atoms with Gasteiger partial charge in [-0.25, -0.2) is 0 Å². The molecule has 19 heavy (non-hydrogen) atoms. The first-order valence-electron chi connectivity index (χ1n) is 6.19. The minimum Gasteiger partial charge on any atom is -0.480 e. The van der Waals surface area contributed by atoms with Crippen LogP contribution in [0.5, 0.6) is 0 Å². The maximum atomic E-state index is 11.1. The molecule has 0 saturated carbocycles. The Balaban J connectivity index is 2.44. The zero-order valence-corrected chi connectivity index (χ0v) is 11.1. The molecule has 0 fully saturated rings. The van der Waals surface area contributed by atoms with Crippen molar-refractivity contribution in [1.29, 1.82) is 0 Å². The molecule has 1 N–H and O–H groups in total. The number of para-hydroxylation sites is 1. The van der Waals surface area contributed by atoms with Crippen molar-refractivity contribution >= 4 is 17.3 Å². The van der Waals surface area contributed by atoms with Crippen LogP contribution < -0.4 is 4.90 Å². The molecule has 0 aliphatic heterocycles. The number of carboxylic acid groups (broad SMARTS) is 1. The topological polar surface area (TPSA) is 40.5 Å². The molecule has 2 rings (SSSR count). The molecule has 0 radical (unpaired) electrons. The summed E-state index contributed by atoms with van der Waals surface area (Å²) in [4.78, 5) is 12.9. The summed E-state index contributed by atoms with van der Waals surface area (Å²) in [6.07, 6.45) is 0. The molecule has 3 nitrogen and oxygen atoms in total. The van der Waals surface area contributed by atoms with E-state index in [-0.39, 0.29) is 6.54 Å². The predicted molar refractivity (Wildman–Crippen MR) is 77.0 cm³/mol. The van der Waals surface area contributed by atoms with Crippen LogP contribution in [0.3, 0.4) is 0 Å². The van der Waals surface area contributed by atoms with Gasteiger partial charge in [-0.05, 0) is 37.6 Å². The zero-order chi connectivity index (χ0) is 13.8. The predicted octanol–water partition coefficient (Wildman–Crippen LogP) is 3.53. The minimum atomic E-state index is -0.844. The quantitative estimate of drug-likeness (QED) is 0.908. The van der Waals surface area contributed by atoms with Gasteiger partial charge in [-0.1, -0.05) is 35.9 Å². The summed E-state index contributed by atoms with van der Waals surface area (Å²) in [5, 5.41) is 9.11. The SMILES string of the molecule is Cc1ccc(N(CC(=O)O)c2ccccc2C)cc1. The number of aliphatic carboxylic acids is 1. The van der Waals surface area contributed by atoms with Gasteiger partial charge in [0, 0.05) is 11.4 Å². The second-order valence-electron chi connectivity index (χ2n) is 4.60. The highest BCUT2D eigenvalue weighted by atomic mass is 16.4. The summed E-state index contributed by atoms with van der Waals surface area (Å²) in [5.74, 6) is -0.844. The second-order valence-corrected chi connectivity index (χ2v) is 4.60. The number of carboxylic acids is 1. The molecule has 2 aromatic carbocycles. The molecule has 3 heteroatoms. The molecule has 0 atom stereocenters. The van der Waals surface area contributed by atoms with Crippen molar-refractivity contribution in [2.45, 2.75) is 13.8 Å². The van der Waals surface area contributed by atoms with E-state index in [1.165, 1.54) is 0 Å². The Morgan fingerprint density at radius 1 is 1.05 bits per heavy atom. The molecule has 0 saturated heterocycles. The van der Waals surface area contributed by atoms with Crippen molar-refractivity contribution in [3.05, 3.63) is 59.7 Å². The minimum absolute atomic E-state index is 0.0477. The lowest BCUT2D eigenvalue weighted by atomic mass is 10.1. The number of carbonyl (C=O) groups is 1. The number of benzene rings is 2. The van der Waals surface area contributed by atoms with E-state index in [4.69, 9.17) is 5.11 Å². The van der Waals surface area contributed by atoms with Gasteiger partial charge in [0.05, 0.1) is 0 Å². The molecule has 0 aliphatic carbocycles. The Hall–Kier alpha value is -2.29. The largest absolute Gasteiger partial charge is 0.480 e. The van der Waals surface area contributed by atoms with Crippen LogP contribution in [-0.4, -0.2) is 17.6 Å². The van der Waals surface area contributed by atoms with Crippen molar-refractivity contribution in [2.75, 3.05) is 11.4 Å². The first kappa shape index (κ1) is 13.1. The molecule has 0 bridgehead atoms. The first-order chi connectivity index (χ1) is 9.08. The lowest BCUT2D eigenvalue weighted by Crippen LogP contribution is -2.25. The van der Waals surface area contributed by atoms with Gasteiger partial charge in [-0.15, -0.1) is 0 Å². The van der Waals surface area contributed by atoms with Crippen LogP contribution in [0.25, 0.3) is 0 Å². The van der Waals surface area contributed by atoms with Crippen molar-refractivity contribution in [1.82, 2.24) is 0 Å². The fourth-order valence-corrected chi connectivity index (χ4v) is 2.04. The van der Waals surface area contributed by atoms with Crippen molar-refractivity contribution in [3.63, 3.8) is 0 Å². The molecule has 0 spiro atoms. The third-order valence-corrected chi connectivity index (χ3v) is 3.05. The van der Waals surface area contributed by atoms with Crippen LogP contribution >= 0.6 is 0 Å². The highest BCUT2D eigenvalue weighted by Crippen LogP contribution is 2.28. The van der Waals surface area contributed by atoms with Gasteiger partial charge < -0.3 is 10.0 Å². The summed E-state index contributed by atoms with van der Waals surface area (Å²) in [7, 11) is 0. The fraction of sp³-hybridized carbons (Fsp3) is 0.188. The van der Waals surface area contributed by atoms with E-state index in [1.54, 1.807) is 0 Å². The molecular formula is C16H17NO2. The lowest BCUT2D eigenvalue weighted by molar-refractivity contribution is -0.135. The average molecular weight is 255 g/mol. The van der Waals surface area contributed by atoms with E-state index in [0.29, 0.717) is 0 Å². The summed E-state index contributed by atoms with van der Waals surface area (Å²) >= 11 is 0. The van der Waals surface area contributed by atoms with Gasteiger partial charge in [-0.3, -0.25) is 4.79 Å². The molecule has 2 aromatic rings. The highest BCUT2D eigenvalue weighted by Gasteiger charge is 2.14. The van der Waals surface area contributed by atoms with E-state index in [9.17, 15) is 4.79 Å². The highest BCUT2D eigenvalue weighted by molar-refractivity contribution is 5.79. The Bertz CT molecular complexity index is 576. The van der Waals surface area contributed by atoms with E-state index >= 15 is 0 Å². The number of nitrogens with zero attached hydrogens (tertiary/aromatic N) is 1. The van der Waals surface area contributed by atoms with Gasteiger partial charge in [0.25, 0.3) is 0 Å². The van der Waals surface area contributed by atoms with Crippen molar-refractivity contribution in [3.8, 4) is 0 Å². The van der Waals surface area contributed by atoms with Crippen LogP contribution in [-0.2, 0) is 4.79 Å². The van der Waals surface area contributed by atoms with Crippen molar-refractivity contribution < 1.29 is 9.90 Å². The molecule has 0 unspecified atom stereocenters. The van der Waals surface area contributed by atoms with Gasteiger partial charge in [0.15, 0.2) is 0 Å². The van der Waals surface area contributed by atoms with Crippen LogP contribution in [0.1, 0.15) is 11.1 Å². The smallest absolute Gasteiger partial charge is 0.323 e. The second kappa shape index (κ2) is 5.57. The van der Waals surface area contributed by atoms with Crippen molar-refractivity contribution in [2.24, 2.45) is 0 Å². The molecule has 0 amide bonds.